The fourth-order valence-electron chi connectivity index (χ4n) is 3.00. The van der Waals surface area contributed by atoms with Crippen molar-refractivity contribution >= 4 is 11.0 Å². The number of furan rings is 1. The number of rotatable bonds is 3. The first-order valence-electron chi connectivity index (χ1n) is 7.01. The van der Waals surface area contributed by atoms with Gasteiger partial charge in [0.2, 0.25) is 0 Å². The standard InChI is InChI=1S/C16H22N2O/c1-12-14-6-4-5-7-15(14)19-16(12)11-18(3)13-8-9-17(2)10-13/h4-7,13H,8-11H2,1-3H3. The first kappa shape index (κ1) is 12.7. The van der Waals surface area contributed by atoms with Crippen LogP contribution in [0.4, 0.5) is 0 Å². The topological polar surface area (TPSA) is 19.6 Å². The van der Waals surface area contributed by atoms with E-state index < -0.39 is 0 Å². The summed E-state index contributed by atoms with van der Waals surface area (Å²) in [6.45, 7) is 5.43. The summed E-state index contributed by atoms with van der Waals surface area (Å²) in [7, 11) is 4.40. The summed E-state index contributed by atoms with van der Waals surface area (Å²) in [6, 6.07) is 8.95. The maximum atomic E-state index is 6.00. The Bertz CT molecular complexity index is 575. The Morgan fingerprint density at radius 1 is 1.37 bits per heavy atom. The Kier molecular flexibility index (Phi) is 3.33. The fraction of sp³-hybridized carbons (Fsp3) is 0.500. The second-order valence-corrected chi connectivity index (χ2v) is 5.77. The minimum atomic E-state index is 0.651. The molecule has 19 heavy (non-hydrogen) atoms. The van der Waals surface area contributed by atoms with Crippen LogP contribution in [0, 0.1) is 6.92 Å². The Hall–Kier alpha value is -1.32. The van der Waals surface area contributed by atoms with Crippen molar-refractivity contribution in [3.63, 3.8) is 0 Å². The number of aryl methyl sites for hydroxylation is 1. The highest BCUT2D eigenvalue weighted by Gasteiger charge is 2.24. The summed E-state index contributed by atoms with van der Waals surface area (Å²) >= 11 is 0. The molecule has 0 spiro atoms. The Morgan fingerprint density at radius 3 is 2.84 bits per heavy atom. The zero-order valence-electron chi connectivity index (χ0n) is 12.0. The molecule has 0 bridgehead atoms. The van der Waals surface area contributed by atoms with E-state index in [0.717, 1.165) is 24.4 Å². The second-order valence-electron chi connectivity index (χ2n) is 5.77. The monoisotopic (exact) mass is 258 g/mol. The third kappa shape index (κ3) is 2.40. The molecule has 1 aliphatic heterocycles. The van der Waals surface area contributed by atoms with Gasteiger partial charge in [-0.3, -0.25) is 4.90 Å². The summed E-state index contributed by atoms with van der Waals surface area (Å²) in [5, 5.41) is 1.24. The van der Waals surface area contributed by atoms with Crippen molar-refractivity contribution in [2.45, 2.75) is 25.9 Å². The number of likely N-dealkylation sites (tertiary alicyclic amines) is 1. The van der Waals surface area contributed by atoms with Crippen LogP contribution in [0.1, 0.15) is 17.7 Å². The van der Waals surface area contributed by atoms with Crippen LogP contribution in [0.2, 0.25) is 0 Å². The van der Waals surface area contributed by atoms with Gasteiger partial charge in [-0.15, -0.1) is 0 Å². The lowest BCUT2D eigenvalue weighted by Gasteiger charge is -2.23. The average Bonchev–Trinajstić information content (AvgIpc) is 2.96. The number of likely N-dealkylation sites (N-methyl/N-ethyl adjacent to an activating group) is 2. The molecule has 1 fully saturated rings. The zero-order valence-corrected chi connectivity index (χ0v) is 12.0. The van der Waals surface area contributed by atoms with Gasteiger partial charge in [0.05, 0.1) is 6.54 Å². The van der Waals surface area contributed by atoms with Crippen LogP contribution in [0.25, 0.3) is 11.0 Å². The quantitative estimate of drug-likeness (QED) is 0.844. The van der Waals surface area contributed by atoms with Gasteiger partial charge in [-0.2, -0.15) is 0 Å². The van der Waals surface area contributed by atoms with Gasteiger partial charge in [0.15, 0.2) is 0 Å². The van der Waals surface area contributed by atoms with Crippen LogP contribution >= 0.6 is 0 Å². The zero-order chi connectivity index (χ0) is 13.4. The SMILES string of the molecule is Cc1c(CN(C)C2CCN(C)C2)oc2ccccc12. The molecule has 0 N–H and O–H groups in total. The van der Waals surface area contributed by atoms with Gasteiger partial charge in [0.1, 0.15) is 11.3 Å². The molecule has 1 aromatic carbocycles. The average molecular weight is 258 g/mol. The van der Waals surface area contributed by atoms with E-state index in [1.807, 2.05) is 6.07 Å². The van der Waals surface area contributed by atoms with Crippen molar-refractivity contribution in [1.82, 2.24) is 9.80 Å². The third-order valence-electron chi connectivity index (χ3n) is 4.33. The molecule has 2 aromatic rings. The predicted octanol–water partition coefficient (Wildman–Crippen LogP) is 2.88. The van der Waals surface area contributed by atoms with Crippen LogP contribution in [0.15, 0.2) is 28.7 Å². The number of para-hydroxylation sites is 1. The predicted molar refractivity (Wildman–Crippen MR) is 78.3 cm³/mol. The Morgan fingerprint density at radius 2 is 2.16 bits per heavy atom. The number of nitrogens with zero attached hydrogens (tertiary/aromatic N) is 2. The van der Waals surface area contributed by atoms with E-state index in [1.165, 1.54) is 23.9 Å². The van der Waals surface area contributed by atoms with Crippen LogP contribution in [0.5, 0.6) is 0 Å². The molecule has 3 heteroatoms. The molecule has 2 heterocycles. The first-order valence-corrected chi connectivity index (χ1v) is 7.01. The van der Waals surface area contributed by atoms with Crippen LogP contribution in [0.3, 0.4) is 0 Å². The summed E-state index contributed by atoms with van der Waals surface area (Å²) in [5.74, 6) is 1.11. The fourth-order valence-corrected chi connectivity index (χ4v) is 3.00. The molecule has 1 aliphatic rings. The van der Waals surface area contributed by atoms with Gasteiger partial charge in [0, 0.05) is 18.0 Å². The van der Waals surface area contributed by atoms with E-state index in [-0.39, 0.29) is 0 Å². The van der Waals surface area contributed by atoms with E-state index in [4.69, 9.17) is 4.42 Å². The molecule has 0 amide bonds. The molecule has 3 nitrogen and oxygen atoms in total. The van der Waals surface area contributed by atoms with Crippen molar-refractivity contribution in [3.8, 4) is 0 Å². The van der Waals surface area contributed by atoms with Crippen molar-refractivity contribution in [2.75, 3.05) is 27.2 Å². The first-order chi connectivity index (χ1) is 9.15. The normalized spacial score (nSPS) is 20.7. The Balaban J connectivity index is 1.79. The van der Waals surface area contributed by atoms with E-state index in [9.17, 15) is 0 Å². The third-order valence-corrected chi connectivity index (χ3v) is 4.33. The highest BCUT2D eigenvalue weighted by Crippen LogP contribution is 2.26. The second kappa shape index (κ2) is 4.99. The molecule has 0 radical (unpaired) electrons. The largest absolute Gasteiger partial charge is 0.459 e. The van der Waals surface area contributed by atoms with Gasteiger partial charge < -0.3 is 9.32 Å². The summed E-state index contributed by atoms with van der Waals surface area (Å²) < 4.78 is 6.00. The highest BCUT2D eigenvalue weighted by atomic mass is 16.3. The highest BCUT2D eigenvalue weighted by molar-refractivity contribution is 5.81. The van der Waals surface area contributed by atoms with Crippen LogP contribution in [-0.2, 0) is 6.54 Å². The smallest absolute Gasteiger partial charge is 0.134 e. The van der Waals surface area contributed by atoms with Crippen molar-refractivity contribution in [3.05, 3.63) is 35.6 Å². The van der Waals surface area contributed by atoms with Crippen molar-refractivity contribution in [1.29, 1.82) is 0 Å². The molecule has 0 saturated carbocycles. The van der Waals surface area contributed by atoms with E-state index >= 15 is 0 Å². The maximum absolute atomic E-state index is 6.00. The number of hydrogen-bond acceptors (Lipinski definition) is 3. The molecule has 1 aromatic heterocycles. The van der Waals surface area contributed by atoms with Crippen molar-refractivity contribution < 1.29 is 4.42 Å². The minimum absolute atomic E-state index is 0.651. The molecular formula is C16H22N2O. The molecule has 1 unspecified atom stereocenters. The lowest BCUT2D eigenvalue weighted by Crippen LogP contribution is -2.33. The number of hydrogen-bond donors (Lipinski definition) is 0. The molecular weight excluding hydrogens is 236 g/mol. The minimum Gasteiger partial charge on any atom is -0.459 e. The van der Waals surface area contributed by atoms with E-state index in [0.29, 0.717) is 6.04 Å². The molecule has 0 aliphatic carbocycles. The Labute approximate surface area is 114 Å². The van der Waals surface area contributed by atoms with Crippen LogP contribution in [-0.4, -0.2) is 43.0 Å². The van der Waals surface area contributed by atoms with Gasteiger partial charge >= 0.3 is 0 Å². The van der Waals surface area contributed by atoms with Crippen molar-refractivity contribution in [2.24, 2.45) is 0 Å². The van der Waals surface area contributed by atoms with E-state index in [2.05, 4.69) is 49.0 Å². The molecule has 1 saturated heterocycles. The van der Waals surface area contributed by atoms with Crippen LogP contribution < -0.4 is 0 Å². The number of benzene rings is 1. The number of fused-ring (bicyclic) bond motifs is 1. The lowest BCUT2D eigenvalue weighted by molar-refractivity contribution is 0.218. The maximum Gasteiger partial charge on any atom is 0.134 e. The van der Waals surface area contributed by atoms with Gasteiger partial charge in [-0.1, -0.05) is 18.2 Å². The van der Waals surface area contributed by atoms with Gasteiger partial charge in [0.25, 0.3) is 0 Å². The molecule has 102 valence electrons. The lowest BCUT2D eigenvalue weighted by atomic mass is 10.1. The summed E-state index contributed by atoms with van der Waals surface area (Å²) in [6.07, 6.45) is 1.26. The van der Waals surface area contributed by atoms with Gasteiger partial charge in [-0.05, 0) is 45.6 Å². The summed E-state index contributed by atoms with van der Waals surface area (Å²) in [4.78, 5) is 4.82. The van der Waals surface area contributed by atoms with E-state index in [1.54, 1.807) is 0 Å². The summed E-state index contributed by atoms with van der Waals surface area (Å²) in [5.41, 5.74) is 2.29. The van der Waals surface area contributed by atoms with Gasteiger partial charge in [-0.25, -0.2) is 0 Å². The molecule has 3 rings (SSSR count). The molecule has 1 atom stereocenters.